The molecule has 0 unspecified atom stereocenters. The van der Waals surface area contributed by atoms with Crippen molar-refractivity contribution >= 4 is 35.2 Å². The van der Waals surface area contributed by atoms with Gasteiger partial charge in [0.1, 0.15) is 0 Å². The van der Waals surface area contributed by atoms with Crippen LogP contribution < -0.4 is 4.90 Å². The van der Waals surface area contributed by atoms with Gasteiger partial charge < -0.3 is 9.30 Å². The summed E-state index contributed by atoms with van der Waals surface area (Å²) in [5.74, 6) is -0.404. The minimum absolute atomic E-state index is 0.253. The van der Waals surface area contributed by atoms with Crippen molar-refractivity contribution in [2.45, 2.75) is 40.5 Å². The molecule has 0 radical (unpaired) electrons. The van der Waals surface area contributed by atoms with Crippen molar-refractivity contribution in [3.63, 3.8) is 0 Å². The van der Waals surface area contributed by atoms with Crippen molar-refractivity contribution in [3.8, 4) is 5.69 Å². The van der Waals surface area contributed by atoms with Crippen molar-refractivity contribution in [2.75, 3.05) is 12.0 Å². The fourth-order valence-electron chi connectivity index (χ4n) is 4.58. The molecule has 1 aromatic heterocycles. The zero-order valence-electron chi connectivity index (χ0n) is 20.8. The second-order valence-corrected chi connectivity index (χ2v) is 9.47. The number of methoxy groups -OCH3 is 1. The lowest BCUT2D eigenvalue weighted by Gasteiger charge is -2.19. The molecule has 35 heavy (non-hydrogen) atoms. The Hall–Kier alpha value is -3.57. The van der Waals surface area contributed by atoms with Crippen molar-refractivity contribution in [1.82, 2.24) is 4.57 Å². The van der Waals surface area contributed by atoms with E-state index < -0.39 is 5.97 Å². The highest BCUT2D eigenvalue weighted by molar-refractivity contribution is 6.30. The average Bonchev–Trinajstić information content (AvgIpc) is 3.25. The Morgan fingerprint density at radius 2 is 1.57 bits per heavy atom. The third kappa shape index (κ3) is 4.44. The second-order valence-electron chi connectivity index (χ2n) is 9.04. The van der Waals surface area contributed by atoms with Crippen LogP contribution in [0.1, 0.15) is 49.2 Å². The van der Waals surface area contributed by atoms with Gasteiger partial charge in [-0.25, -0.2) is 4.79 Å². The van der Waals surface area contributed by atoms with Gasteiger partial charge in [-0.3, -0.25) is 9.69 Å². The number of benzene rings is 2. The number of esters is 1. The van der Waals surface area contributed by atoms with Gasteiger partial charge in [0, 0.05) is 33.5 Å². The number of carbonyl (C=O) groups is 2. The molecule has 6 heteroatoms. The molecule has 0 N–H and O–H groups in total. The van der Waals surface area contributed by atoms with Gasteiger partial charge in [-0.1, -0.05) is 37.6 Å². The summed E-state index contributed by atoms with van der Waals surface area (Å²) in [6.45, 7) is 10.0. The van der Waals surface area contributed by atoms with E-state index in [-0.39, 0.29) is 11.5 Å². The fourth-order valence-corrected chi connectivity index (χ4v) is 4.70. The zero-order valence-corrected chi connectivity index (χ0v) is 21.6. The van der Waals surface area contributed by atoms with Gasteiger partial charge in [0.2, 0.25) is 0 Å². The first kappa shape index (κ1) is 24.6. The quantitative estimate of drug-likeness (QED) is 0.295. The normalized spacial score (nSPS) is 15.0. The third-order valence-corrected chi connectivity index (χ3v) is 6.71. The van der Waals surface area contributed by atoms with E-state index in [0.29, 0.717) is 27.9 Å². The molecule has 0 spiro atoms. The van der Waals surface area contributed by atoms with Crippen LogP contribution in [0, 0.1) is 13.8 Å². The highest BCUT2D eigenvalue weighted by Crippen LogP contribution is 2.36. The van der Waals surface area contributed by atoms with Crippen molar-refractivity contribution in [1.29, 1.82) is 0 Å². The molecule has 180 valence electrons. The number of carbonyl (C=O) groups excluding carboxylic acids is 2. The van der Waals surface area contributed by atoms with E-state index in [1.807, 2.05) is 68.4 Å². The molecule has 1 aliphatic rings. The van der Waals surface area contributed by atoms with Crippen LogP contribution in [0.3, 0.4) is 0 Å². The molecule has 0 aliphatic carbocycles. The largest absolute Gasteiger partial charge is 0.465 e. The molecule has 0 saturated heterocycles. The lowest BCUT2D eigenvalue weighted by Crippen LogP contribution is -2.24. The minimum Gasteiger partial charge on any atom is -0.465 e. The maximum Gasteiger partial charge on any atom is 0.340 e. The zero-order chi connectivity index (χ0) is 25.4. The molecule has 0 atom stereocenters. The summed E-state index contributed by atoms with van der Waals surface area (Å²) in [6.07, 6.45) is 1.79. The number of hydrogen-bond acceptors (Lipinski definition) is 3. The number of anilines is 1. The van der Waals surface area contributed by atoms with E-state index >= 15 is 0 Å². The molecular formula is C29H29ClN2O3. The lowest BCUT2D eigenvalue weighted by molar-refractivity contribution is -0.136. The molecule has 0 bridgehead atoms. The molecule has 3 aromatic rings. The van der Waals surface area contributed by atoms with Crippen LogP contribution in [0.25, 0.3) is 11.8 Å². The van der Waals surface area contributed by atoms with Gasteiger partial charge >= 0.3 is 5.97 Å². The first-order valence-electron chi connectivity index (χ1n) is 11.5. The number of amides is 1. The van der Waals surface area contributed by atoms with Gasteiger partial charge in [0.15, 0.2) is 0 Å². The van der Waals surface area contributed by atoms with Gasteiger partial charge in [-0.2, -0.15) is 0 Å². The van der Waals surface area contributed by atoms with Crippen molar-refractivity contribution in [2.24, 2.45) is 0 Å². The van der Waals surface area contributed by atoms with Crippen LogP contribution in [-0.2, 0) is 14.3 Å². The van der Waals surface area contributed by atoms with E-state index in [0.717, 1.165) is 22.6 Å². The van der Waals surface area contributed by atoms with Crippen LogP contribution in [-0.4, -0.2) is 23.6 Å². The first-order chi connectivity index (χ1) is 16.6. The summed E-state index contributed by atoms with van der Waals surface area (Å²) in [5.41, 5.74) is 6.83. The highest BCUT2D eigenvalue weighted by Gasteiger charge is 2.38. The van der Waals surface area contributed by atoms with Gasteiger partial charge in [0.25, 0.3) is 5.91 Å². The number of allylic oxidation sites excluding steroid dienone is 1. The van der Waals surface area contributed by atoms with Crippen LogP contribution in [0.5, 0.6) is 0 Å². The van der Waals surface area contributed by atoms with E-state index in [1.54, 1.807) is 17.9 Å². The summed E-state index contributed by atoms with van der Waals surface area (Å²) in [5, 5.41) is 0.667. The number of ether oxygens (including phenoxy) is 1. The van der Waals surface area contributed by atoms with Crippen LogP contribution in [0.2, 0.25) is 5.02 Å². The van der Waals surface area contributed by atoms with Crippen molar-refractivity contribution in [3.05, 3.63) is 99.0 Å². The standard InChI is InChI=1S/C29H29ClN2O3/c1-17(2)21-7-11-25(12-8-21)32-20(5)27(29(34)35-6)26(28(32)33)16-22-15-18(3)31(19(22)4)24-13-9-23(30)10-14-24/h7-17H,1-6H3/b26-16-. The summed E-state index contributed by atoms with van der Waals surface area (Å²) in [4.78, 5) is 28.0. The number of aryl methyl sites for hydroxylation is 1. The first-order valence-corrected chi connectivity index (χ1v) is 11.9. The van der Waals surface area contributed by atoms with E-state index in [2.05, 4.69) is 18.4 Å². The van der Waals surface area contributed by atoms with Crippen molar-refractivity contribution < 1.29 is 14.3 Å². The smallest absolute Gasteiger partial charge is 0.340 e. The van der Waals surface area contributed by atoms with E-state index in [4.69, 9.17) is 16.3 Å². The number of halogens is 1. The van der Waals surface area contributed by atoms with Gasteiger partial charge in [0.05, 0.1) is 18.3 Å². The predicted molar refractivity (Wildman–Crippen MR) is 141 cm³/mol. The molecule has 0 fully saturated rings. The highest BCUT2D eigenvalue weighted by atomic mass is 35.5. The third-order valence-electron chi connectivity index (χ3n) is 6.46. The summed E-state index contributed by atoms with van der Waals surface area (Å²) in [7, 11) is 1.33. The Kier molecular flexibility index (Phi) is 6.73. The molecule has 2 heterocycles. The molecular weight excluding hydrogens is 460 g/mol. The molecule has 4 rings (SSSR count). The van der Waals surface area contributed by atoms with Crippen LogP contribution in [0.15, 0.2) is 71.4 Å². The monoisotopic (exact) mass is 488 g/mol. The molecule has 0 saturated carbocycles. The maximum atomic E-state index is 13.7. The maximum absolute atomic E-state index is 13.7. The van der Waals surface area contributed by atoms with E-state index in [1.165, 1.54) is 12.7 Å². The summed E-state index contributed by atoms with van der Waals surface area (Å²) >= 11 is 6.06. The molecule has 1 amide bonds. The SMILES string of the molecule is COC(=O)C1=C(C)N(c2ccc(C(C)C)cc2)C(=O)/C1=C\c1cc(C)n(-c2ccc(Cl)cc2)c1C. The molecule has 5 nitrogen and oxygen atoms in total. The number of nitrogens with zero attached hydrogens (tertiary/aromatic N) is 2. The molecule has 1 aliphatic heterocycles. The minimum atomic E-state index is -0.532. The Balaban J connectivity index is 1.81. The van der Waals surface area contributed by atoms with Gasteiger partial charge in [-0.15, -0.1) is 0 Å². The van der Waals surface area contributed by atoms with Crippen LogP contribution in [0.4, 0.5) is 5.69 Å². The Bertz CT molecular complexity index is 1360. The Morgan fingerprint density at radius 1 is 0.971 bits per heavy atom. The fraction of sp³-hybridized carbons (Fsp3) is 0.241. The number of hydrogen-bond donors (Lipinski definition) is 0. The second kappa shape index (κ2) is 9.59. The number of aromatic nitrogens is 1. The Morgan fingerprint density at radius 3 is 2.14 bits per heavy atom. The predicted octanol–water partition coefficient (Wildman–Crippen LogP) is 6.75. The summed E-state index contributed by atoms with van der Waals surface area (Å²) in [6, 6.07) is 17.5. The average molecular weight is 489 g/mol. The van der Waals surface area contributed by atoms with E-state index in [9.17, 15) is 9.59 Å². The summed E-state index contributed by atoms with van der Waals surface area (Å²) < 4.78 is 7.16. The number of rotatable bonds is 5. The van der Waals surface area contributed by atoms with Crippen LogP contribution >= 0.6 is 11.6 Å². The molecule has 2 aromatic carbocycles. The lowest BCUT2D eigenvalue weighted by atomic mass is 10.0. The Labute approximate surface area is 211 Å². The van der Waals surface area contributed by atoms with Gasteiger partial charge in [-0.05, 0) is 86.4 Å². The topological polar surface area (TPSA) is 51.5 Å².